The van der Waals surface area contributed by atoms with Crippen molar-refractivity contribution in [3.05, 3.63) is 89.5 Å². The number of hydrogen-bond donors (Lipinski definition) is 1. The number of amides is 3. The topological polar surface area (TPSA) is 117 Å². The number of fused-ring (bicyclic) bond motifs is 2. The third kappa shape index (κ3) is 6.66. The first-order chi connectivity index (χ1) is 23.7. The molecule has 0 aliphatic carbocycles. The van der Waals surface area contributed by atoms with Gasteiger partial charge in [-0.2, -0.15) is 0 Å². The second-order valence-electron chi connectivity index (χ2n) is 13.3. The van der Waals surface area contributed by atoms with Crippen LogP contribution in [-0.2, 0) is 28.7 Å². The number of nitrogens with zero attached hydrogens (tertiary/aromatic N) is 3. The van der Waals surface area contributed by atoms with Crippen LogP contribution in [0, 0.1) is 11.8 Å². The van der Waals surface area contributed by atoms with Crippen LogP contribution in [0.2, 0.25) is 5.02 Å². The first kappa shape index (κ1) is 34.9. The van der Waals surface area contributed by atoms with Crippen molar-refractivity contribution in [1.29, 1.82) is 0 Å². The van der Waals surface area contributed by atoms with E-state index >= 15 is 0 Å². The molecule has 10 nitrogen and oxygen atoms in total. The molecule has 3 amide bonds. The number of aliphatic hydroxyl groups is 1. The van der Waals surface area contributed by atoms with Gasteiger partial charge in [-0.25, -0.2) is 0 Å². The van der Waals surface area contributed by atoms with Gasteiger partial charge in [-0.15, -0.1) is 0 Å². The Morgan fingerprint density at radius 2 is 1.67 bits per heavy atom. The van der Waals surface area contributed by atoms with Gasteiger partial charge < -0.3 is 29.3 Å². The Morgan fingerprint density at radius 3 is 2.41 bits per heavy atom. The lowest BCUT2D eigenvalue weighted by molar-refractivity contribution is -0.164. The van der Waals surface area contributed by atoms with Gasteiger partial charge in [0.25, 0.3) is 5.91 Å². The Bertz CT molecular complexity index is 1600. The van der Waals surface area contributed by atoms with E-state index in [1.54, 1.807) is 58.2 Å². The third-order valence-electron chi connectivity index (χ3n) is 10.4. The molecule has 260 valence electrons. The van der Waals surface area contributed by atoms with E-state index in [0.29, 0.717) is 36.5 Å². The maximum Gasteiger partial charge on any atom is 0.313 e. The highest BCUT2D eigenvalue weighted by Gasteiger charge is 2.73. The molecule has 49 heavy (non-hydrogen) atoms. The summed E-state index contributed by atoms with van der Waals surface area (Å²) in [5, 5.41) is 9.79. The van der Waals surface area contributed by atoms with Crippen molar-refractivity contribution in [1.82, 2.24) is 9.80 Å². The van der Waals surface area contributed by atoms with Gasteiger partial charge in [0, 0.05) is 43.9 Å². The van der Waals surface area contributed by atoms with Gasteiger partial charge in [0.1, 0.15) is 23.7 Å². The minimum Gasteiger partial charge on any atom is -0.455 e. The lowest BCUT2D eigenvalue weighted by atomic mass is 9.74. The number of carbonyl (C=O) groups is 4. The van der Waals surface area contributed by atoms with Crippen molar-refractivity contribution in [3.8, 4) is 0 Å². The smallest absolute Gasteiger partial charge is 0.313 e. The van der Waals surface area contributed by atoms with Gasteiger partial charge in [-0.3, -0.25) is 19.2 Å². The molecule has 0 aromatic heterocycles. The zero-order valence-corrected chi connectivity index (χ0v) is 28.7. The number of esters is 1. The maximum absolute atomic E-state index is 14.9. The molecule has 4 aliphatic rings. The summed E-state index contributed by atoms with van der Waals surface area (Å²) in [4.78, 5) is 61.9. The van der Waals surface area contributed by atoms with E-state index in [4.69, 9.17) is 21.1 Å². The van der Waals surface area contributed by atoms with Crippen molar-refractivity contribution in [2.45, 2.75) is 75.3 Å². The lowest BCUT2D eigenvalue weighted by Crippen LogP contribution is -2.56. The number of unbranched alkanes of at least 4 members (excludes halogenated alkanes) is 3. The quantitative estimate of drug-likeness (QED) is 0.239. The molecule has 0 unspecified atom stereocenters. The number of benzene rings is 2. The molecule has 11 heteroatoms. The zero-order valence-electron chi connectivity index (χ0n) is 27.9. The monoisotopic (exact) mass is 689 g/mol. The molecular formula is C38H44ClN3O7. The molecule has 2 saturated heterocycles. The summed E-state index contributed by atoms with van der Waals surface area (Å²) >= 11 is 6.21. The highest BCUT2D eigenvalue weighted by atomic mass is 35.5. The number of aliphatic hydroxyl groups excluding tert-OH is 1. The molecule has 4 aliphatic heterocycles. The van der Waals surface area contributed by atoms with Crippen LogP contribution >= 0.6 is 11.6 Å². The molecule has 5 bridgehead atoms. The van der Waals surface area contributed by atoms with E-state index < -0.39 is 47.7 Å². The summed E-state index contributed by atoms with van der Waals surface area (Å²) < 4.78 is 12.9. The molecule has 0 radical (unpaired) electrons. The Morgan fingerprint density at radius 1 is 0.939 bits per heavy atom. The third-order valence-corrected chi connectivity index (χ3v) is 10.6. The molecule has 2 aromatic carbocycles. The second kappa shape index (κ2) is 14.9. The fraction of sp³-hybridized carbons (Fsp3) is 0.474. The molecule has 6 rings (SSSR count). The molecular weight excluding hydrogens is 646 g/mol. The normalized spacial score (nSPS) is 31.0. The van der Waals surface area contributed by atoms with Crippen LogP contribution in [0.5, 0.6) is 0 Å². The van der Waals surface area contributed by atoms with Gasteiger partial charge in [-0.05, 0) is 56.0 Å². The molecule has 4 heterocycles. The molecule has 1 N–H and O–H groups in total. The zero-order chi connectivity index (χ0) is 34.7. The minimum absolute atomic E-state index is 0.0921. The van der Waals surface area contributed by atoms with Crippen molar-refractivity contribution in [2.75, 3.05) is 31.6 Å². The summed E-state index contributed by atoms with van der Waals surface area (Å²) in [5.74, 6) is -3.32. The summed E-state index contributed by atoms with van der Waals surface area (Å²) in [5.41, 5.74) is -0.0459. The lowest BCUT2D eigenvalue weighted by Gasteiger charge is -2.36. The van der Waals surface area contributed by atoms with Crippen LogP contribution < -0.4 is 4.90 Å². The van der Waals surface area contributed by atoms with Crippen molar-refractivity contribution >= 4 is 41.0 Å². The molecule has 2 fully saturated rings. The Balaban J connectivity index is 1.42. The average Bonchev–Trinajstić information content (AvgIpc) is 3.75. The minimum atomic E-state index is -1.36. The van der Waals surface area contributed by atoms with Gasteiger partial charge in [0.15, 0.2) is 0 Å². The van der Waals surface area contributed by atoms with Gasteiger partial charge in [0.2, 0.25) is 11.8 Å². The van der Waals surface area contributed by atoms with E-state index in [1.807, 2.05) is 49.4 Å². The van der Waals surface area contributed by atoms with Crippen molar-refractivity contribution < 1.29 is 33.8 Å². The first-order valence-corrected chi connectivity index (χ1v) is 17.6. The van der Waals surface area contributed by atoms with Gasteiger partial charge >= 0.3 is 5.97 Å². The SMILES string of the molecule is C[C@H]1[C@H](c2ccccc2)OC(=O)[C@@H]2[C@H]3C(=O)N(CCCCCCO)[C@H](C(=O)N(c4ccc(Cl)cc4)C/C=C\CCC(=O)N1C)[C@]31C=C[C@H]2O1. The fourth-order valence-electron chi connectivity index (χ4n) is 7.70. The second-order valence-corrected chi connectivity index (χ2v) is 13.8. The predicted octanol–water partition coefficient (Wildman–Crippen LogP) is 4.86. The summed E-state index contributed by atoms with van der Waals surface area (Å²) in [7, 11) is 1.71. The van der Waals surface area contributed by atoms with E-state index in [-0.39, 0.29) is 37.3 Å². The van der Waals surface area contributed by atoms with Crippen LogP contribution in [-0.4, -0.2) is 89.1 Å². The number of ether oxygens (including phenoxy) is 2. The number of hydrogen-bond acceptors (Lipinski definition) is 7. The number of allylic oxidation sites excluding steroid dienone is 1. The number of likely N-dealkylation sites (tertiary alicyclic amines) is 1. The van der Waals surface area contributed by atoms with E-state index in [9.17, 15) is 24.3 Å². The number of likely N-dealkylation sites (N-methyl/N-ethyl adjacent to an activating group) is 1. The number of halogens is 1. The highest BCUT2D eigenvalue weighted by Crippen LogP contribution is 2.56. The highest BCUT2D eigenvalue weighted by molar-refractivity contribution is 6.30. The van der Waals surface area contributed by atoms with Gasteiger partial charge in [0.05, 0.1) is 18.1 Å². The predicted molar refractivity (Wildman–Crippen MR) is 184 cm³/mol. The first-order valence-electron chi connectivity index (χ1n) is 17.2. The summed E-state index contributed by atoms with van der Waals surface area (Å²) in [6.45, 7) is 2.42. The molecule has 7 atom stereocenters. The van der Waals surface area contributed by atoms with Crippen LogP contribution in [0.3, 0.4) is 0 Å². The molecule has 1 spiro atoms. The Kier molecular flexibility index (Phi) is 10.6. The number of rotatable bonds is 8. The number of cyclic esters (lactones) is 1. The summed E-state index contributed by atoms with van der Waals surface area (Å²) in [6.07, 6.45) is 9.26. The maximum atomic E-state index is 14.9. The van der Waals surface area contributed by atoms with Crippen LogP contribution in [0.1, 0.15) is 57.1 Å². The van der Waals surface area contributed by atoms with Crippen LogP contribution in [0.25, 0.3) is 0 Å². The molecule has 2 aromatic rings. The fourth-order valence-corrected chi connectivity index (χ4v) is 7.82. The van der Waals surface area contributed by atoms with E-state index in [2.05, 4.69) is 0 Å². The van der Waals surface area contributed by atoms with Crippen molar-refractivity contribution in [3.63, 3.8) is 0 Å². The Hall–Kier alpha value is -3.99. The number of carbonyl (C=O) groups excluding carboxylic acids is 4. The van der Waals surface area contributed by atoms with E-state index in [1.165, 1.54) is 0 Å². The molecule has 0 saturated carbocycles. The van der Waals surface area contributed by atoms with Crippen LogP contribution in [0.4, 0.5) is 5.69 Å². The largest absolute Gasteiger partial charge is 0.455 e. The van der Waals surface area contributed by atoms with Crippen molar-refractivity contribution in [2.24, 2.45) is 11.8 Å². The number of anilines is 1. The van der Waals surface area contributed by atoms with E-state index in [0.717, 1.165) is 18.4 Å². The van der Waals surface area contributed by atoms with Gasteiger partial charge in [-0.1, -0.05) is 79.1 Å². The van der Waals surface area contributed by atoms with Crippen LogP contribution in [0.15, 0.2) is 78.9 Å². The Labute approximate surface area is 292 Å². The summed E-state index contributed by atoms with van der Waals surface area (Å²) in [6, 6.07) is 14.7. The standard InChI is InChI=1S/C38H44ClN3O7/c1-25-33(26-13-7-5-8-14-26)48-37(47)31-29-20-21-38(49-29)32(31)35(45)42(23-10-3-4-12-24-43)34(38)36(46)41(28-18-16-27(39)17-19-28)22-11-6-9-15-30(44)40(25)2/h5-8,11,13-14,16-21,25,29,31-34,43H,3-4,9-10,12,15,22-24H2,1-2H3/b11-6-/t25-,29+,31-,32-,33+,34+,38-/m0/s1. The average molecular weight is 690 g/mol.